The average molecular weight is 361 g/mol. The van der Waals surface area contributed by atoms with E-state index in [-0.39, 0.29) is 23.5 Å². The van der Waals surface area contributed by atoms with Crippen LogP contribution in [0.3, 0.4) is 0 Å². The minimum atomic E-state index is -0.503. The zero-order valence-electron chi connectivity index (χ0n) is 15.7. The topological polar surface area (TPSA) is 43.9 Å². The monoisotopic (exact) mass is 361 g/mol. The number of rotatable bonds is 4. The fraction of sp³-hybridized carbons (Fsp3) is 0.600. The van der Waals surface area contributed by atoms with Crippen molar-refractivity contribution in [3.05, 3.63) is 35.6 Å². The fourth-order valence-electron chi connectivity index (χ4n) is 4.05. The third-order valence-electron chi connectivity index (χ3n) is 5.49. The predicted octanol–water partition coefficient (Wildman–Crippen LogP) is 2.29. The van der Waals surface area contributed by atoms with Crippen molar-refractivity contribution in [1.29, 1.82) is 0 Å². The fourth-order valence-corrected chi connectivity index (χ4v) is 4.05. The van der Waals surface area contributed by atoms with Gasteiger partial charge in [0.25, 0.3) is 0 Å². The molecule has 0 aliphatic carbocycles. The lowest BCUT2D eigenvalue weighted by molar-refractivity contribution is -0.142. The Morgan fingerprint density at radius 2 is 1.73 bits per heavy atom. The Bertz CT molecular complexity index is 650. The Hall–Kier alpha value is -1.95. The molecule has 2 fully saturated rings. The molecule has 0 bridgehead atoms. The summed E-state index contributed by atoms with van der Waals surface area (Å²) in [5.41, 5.74) is 0.662. The van der Waals surface area contributed by atoms with Gasteiger partial charge in [0.05, 0.1) is 0 Å². The van der Waals surface area contributed by atoms with Gasteiger partial charge in [0.1, 0.15) is 11.9 Å². The molecule has 26 heavy (non-hydrogen) atoms. The molecule has 2 aliphatic heterocycles. The first-order chi connectivity index (χ1) is 12.5. The molecule has 0 aromatic heterocycles. The van der Waals surface area contributed by atoms with Crippen LogP contribution < -0.4 is 0 Å². The molecule has 0 radical (unpaired) electrons. The Morgan fingerprint density at radius 1 is 1.08 bits per heavy atom. The van der Waals surface area contributed by atoms with Crippen LogP contribution in [0.15, 0.2) is 24.3 Å². The highest BCUT2D eigenvalue weighted by molar-refractivity contribution is 5.84. The quantitative estimate of drug-likeness (QED) is 0.827. The number of halogens is 1. The summed E-state index contributed by atoms with van der Waals surface area (Å²) in [6.45, 7) is 2.92. The molecule has 1 aromatic carbocycles. The van der Waals surface area contributed by atoms with E-state index >= 15 is 0 Å². The Balaban J connectivity index is 1.63. The third-order valence-corrected chi connectivity index (χ3v) is 5.49. The minimum absolute atomic E-state index is 0.0207. The van der Waals surface area contributed by atoms with E-state index in [1.165, 1.54) is 12.1 Å². The summed E-state index contributed by atoms with van der Waals surface area (Å²) in [6, 6.07) is 5.73. The van der Waals surface area contributed by atoms with Crippen molar-refractivity contribution in [1.82, 2.24) is 14.7 Å². The smallest absolute Gasteiger partial charge is 0.244 e. The van der Waals surface area contributed by atoms with Crippen LogP contribution in [0.2, 0.25) is 0 Å². The molecule has 2 aliphatic rings. The molecule has 3 rings (SSSR count). The molecule has 142 valence electrons. The van der Waals surface area contributed by atoms with Gasteiger partial charge in [0.2, 0.25) is 11.8 Å². The van der Waals surface area contributed by atoms with E-state index in [1.807, 2.05) is 28.8 Å². The van der Waals surface area contributed by atoms with Gasteiger partial charge >= 0.3 is 0 Å². The molecular formula is C20H28FN3O2. The van der Waals surface area contributed by atoms with Crippen LogP contribution >= 0.6 is 0 Å². The molecule has 2 saturated heterocycles. The van der Waals surface area contributed by atoms with E-state index < -0.39 is 6.04 Å². The van der Waals surface area contributed by atoms with Crippen molar-refractivity contribution in [3.63, 3.8) is 0 Å². The molecule has 0 unspecified atom stereocenters. The maximum Gasteiger partial charge on any atom is 0.244 e. The molecule has 2 amide bonds. The predicted molar refractivity (Wildman–Crippen MR) is 97.9 cm³/mol. The maximum atomic E-state index is 13.6. The minimum Gasteiger partial charge on any atom is -0.342 e. The number of carbonyl (C=O) groups is 2. The molecule has 1 atom stereocenters. The standard InChI is InChI=1S/C20H28FN3O2/c1-22(2)18(16-6-5-7-17(21)14-16)20(26)24-12-8-15(9-13-24)19(25)23-10-3-4-11-23/h5-7,14-15,18H,3-4,8-13H2,1-2H3/t18-/m0/s1. The number of hydrogen-bond acceptors (Lipinski definition) is 3. The van der Waals surface area contributed by atoms with Crippen LogP contribution in [0.25, 0.3) is 0 Å². The van der Waals surface area contributed by atoms with E-state index in [9.17, 15) is 14.0 Å². The highest BCUT2D eigenvalue weighted by Crippen LogP contribution is 2.27. The first-order valence-electron chi connectivity index (χ1n) is 9.47. The summed E-state index contributed by atoms with van der Waals surface area (Å²) in [6.07, 6.45) is 3.62. The van der Waals surface area contributed by atoms with Crippen LogP contribution in [0.4, 0.5) is 4.39 Å². The first kappa shape index (κ1) is 18.8. The van der Waals surface area contributed by atoms with Crippen LogP contribution in [0, 0.1) is 11.7 Å². The van der Waals surface area contributed by atoms with E-state index in [4.69, 9.17) is 0 Å². The van der Waals surface area contributed by atoms with Crippen molar-refractivity contribution >= 4 is 11.8 Å². The SMILES string of the molecule is CN(C)[C@H](C(=O)N1CCC(C(=O)N2CCCC2)CC1)c1cccc(F)c1. The number of carbonyl (C=O) groups excluding carboxylic acids is 2. The molecule has 0 N–H and O–H groups in total. The molecule has 1 aromatic rings. The van der Waals surface area contributed by atoms with Crippen LogP contribution in [0.5, 0.6) is 0 Å². The van der Waals surface area contributed by atoms with Gasteiger partial charge in [-0.15, -0.1) is 0 Å². The van der Waals surface area contributed by atoms with Crippen molar-refractivity contribution < 1.29 is 14.0 Å². The molecule has 0 spiro atoms. The summed E-state index contributed by atoms with van der Waals surface area (Å²) in [7, 11) is 3.66. The molecule has 2 heterocycles. The van der Waals surface area contributed by atoms with E-state index in [1.54, 1.807) is 12.1 Å². The van der Waals surface area contributed by atoms with Crippen LogP contribution in [-0.2, 0) is 9.59 Å². The number of hydrogen-bond donors (Lipinski definition) is 0. The highest BCUT2D eigenvalue weighted by atomic mass is 19.1. The van der Waals surface area contributed by atoms with Gasteiger partial charge < -0.3 is 9.80 Å². The van der Waals surface area contributed by atoms with Gasteiger partial charge in [-0.1, -0.05) is 12.1 Å². The number of benzene rings is 1. The van der Waals surface area contributed by atoms with Gasteiger partial charge in [-0.3, -0.25) is 14.5 Å². The second-order valence-corrected chi connectivity index (χ2v) is 7.55. The van der Waals surface area contributed by atoms with Gasteiger partial charge in [-0.05, 0) is 57.5 Å². The van der Waals surface area contributed by atoms with Gasteiger partial charge in [0.15, 0.2) is 0 Å². The number of likely N-dealkylation sites (N-methyl/N-ethyl adjacent to an activating group) is 1. The van der Waals surface area contributed by atoms with E-state index in [0.29, 0.717) is 31.5 Å². The molecule has 5 nitrogen and oxygen atoms in total. The Morgan fingerprint density at radius 3 is 2.31 bits per heavy atom. The van der Waals surface area contributed by atoms with Crippen molar-refractivity contribution in [2.75, 3.05) is 40.3 Å². The van der Waals surface area contributed by atoms with Crippen molar-refractivity contribution in [2.45, 2.75) is 31.7 Å². The van der Waals surface area contributed by atoms with E-state index in [0.717, 1.165) is 25.9 Å². The Kier molecular flexibility index (Phi) is 5.91. The van der Waals surface area contributed by atoms with Gasteiger partial charge in [-0.2, -0.15) is 0 Å². The average Bonchev–Trinajstić information content (AvgIpc) is 3.16. The number of amides is 2. The largest absolute Gasteiger partial charge is 0.342 e. The summed E-state index contributed by atoms with van der Waals surface area (Å²) < 4.78 is 13.6. The zero-order valence-corrected chi connectivity index (χ0v) is 15.7. The van der Waals surface area contributed by atoms with Crippen molar-refractivity contribution in [2.24, 2.45) is 5.92 Å². The maximum absolute atomic E-state index is 13.6. The summed E-state index contributed by atoms with van der Waals surface area (Å²) in [5.74, 6) is -0.0715. The van der Waals surface area contributed by atoms with Crippen molar-refractivity contribution in [3.8, 4) is 0 Å². The summed E-state index contributed by atoms with van der Waals surface area (Å²) >= 11 is 0. The van der Waals surface area contributed by atoms with Gasteiger partial charge in [-0.25, -0.2) is 4.39 Å². The number of nitrogens with zero attached hydrogens (tertiary/aromatic N) is 3. The molecular weight excluding hydrogens is 333 g/mol. The zero-order chi connectivity index (χ0) is 18.7. The molecule has 0 saturated carbocycles. The lowest BCUT2D eigenvalue weighted by atomic mass is 9.94. The lowest BCUT2D eigenvalue weighted by Gasteiger charge is -2.36. The Labute approximate surface area is 154 Å². The summed E-state index contributed by atoms with van der Waals surface area (Å²) in [5, 5.41) is 0. The van der Waals surface area contributed by atoms with Crippen LogP contribution in [-0.4, -0.2) is 66.8 Å². The number of piperidine rings is 1. The van der Waals surface area contributed by atoms with Gasteiger partial charge in [0, 0.05) is 32.1 Å². The van der Waals surface area contributed by atoms with Crippen LogP contribution in [0.1, 0.15) is 37.3 Å². The number of likely N-dealkylation sites (tertiary alicyclic amines) is 2. The second kappa shape index (κ2) is 8.16. The third kappa shape index (κ3) is 4.06. The summed E-state index contributed by atoms with van der Waals surface area (Å²) in [4.78, 5) is 31.2. The second-order valence-electron chi connectivity index (χ2n) is 7.55. The normalized spacial score (nSPS) is 19.8. The van der Waals surface area contributed by atoms with E-state index in [2.05, 4.69) is 0 Å². The highest BCUT2D eigenvalue weighted by Gasteiger charge is 2.34. The molecule has 6 heteroatoms. The lowest BCUT2D eigenvalue weighted by Crippen LogP contribution is -2.47. The first-order valence-corrected chi connectivity index (χ1v) is 9.47.